The van der Waals surface area contributed by atoms with Crippen LogP contribution in [0.3, 0.4) is 0 Å². The molecule has 9 heavy (non-hydrogen) atoms. The van der Waals surface area contributed by atoms with E-state index in [2.05, 4.69) is 0 Å². The first kappa shape index (κ1) is 12.1. The molecule has 0 aromatic heterocycles. The predicted molar refractivity (Wildman–Crippen MR) is 35.5 cm³/mol. The molecule has 0 aromatic carbocycles. The number of aliphatic carboxylic acids is 1. The van der Waals surface area contributed by atoms with Crippen molar-refractivity contribution < 1.29 is 17.5 Å². The van der Waals surface area contributed by atoms with Crippen LogP contribution in [0.4, 0.5) is 0 Å². The number of hydrogen-bond donors (Lipinski definition) is 1. The topological polar surface area (TPSA) is 54.4 Å². The fourth-order valence-electron chi connectivity index (χ4n) is 0.247. The van der Waals surface area contributed by atoms with Gasteiger partial charge in [0, 0.05) is 5.92 Å². The van der Waals surface area contributed by atoms with Crippen LogP contribution in [0.5, 0.6) is 0 Å². The van der Waals surface area contributed by atoms with Crippen molar-refractivity contribution >= 4 is 49.5 Å². The average Bonchev–Trinajstić information content (AvgIpc) is 1.64. The molecule has 50 valence electrons. The summed E-state index contributed by atoms with van der Waals surface area (Å²) in [6.45, 7) is 3.10. The van der Waals surface area contributed by atoms with Gasteiger partial charge in [-0.2, -0.15) is 0 Å². The zero-order valence-corrected chi connectivity index (χ0v) is 7.76. The van der Waals surface area contributed by atoms with Crippen LogP contribution in [0.25, 0.3) is 0 Å². The van der Waals surface area contributed by atoms with E-state index in [0.717, 1.165) is 0 Å². The molecule has 0 heterocycles. The van der Waals surface area contributed by atoms with Crippen molar-refractivity contribution in [1.82, 2.24) is 0 Å². The fourth-order valence-corrected chi connectivity index (χ4v) is 0.247. The Balaban J connectivity index is -0.0000000817. The second-order valence-electron chi connectivity index (χ2n) is 1.82. The minimum atomic E-state index is -1.35. The van der Waals surface area contributed by atoms with E-state index in [4.69, 9.17) is 5.11 Å². The molecule has 0 unspecified atom stereocenters. The van der Waals surface area contributed by atoms with E-state index in [1.54, 1.807) is 13.8 Å². The molecule has 0 spiro atoms. The van der Waals surface area contributed by atoms with E-state index in [9.17, 15) is 9.59 Å². The van der Waals surface area contributed by atoms with Gasteiger partial charge in [0.05, 0.1) is 0 Å². The van der Waals surface area contributed by atoms with Gasteiger partial charge in [0.1, 0.15) is 0 Å². The van der Waals surface area contributed by atoms with E-state index >= 15 is 0 Å². The van der Waals surface area contributed by atoms with E-state index < -0.39 is 17.7 Å². The maximum Gasteiger partial charge on any atom is 2.00 e. The summed E-state index contributed by atoms with van der Waals surface area (Å²) in [5, 5.41) is 8.00. The molecular weight excluding hydrogens is 148 g/mol. The minimum absolute atomic E-state index is 0. The molecule has 0 aromatic rings. The third-order valence-corrected chi connectivity index (χ3v) is 0.735. The molecule has 0 aliphatic rings. The van der Waals surface area contributed by atoms with Crippen molar-refractivity contribution in [3.63, 3.8) is 0 Å². The average molecular weight is 158 g/mol. The van der Waals surface area contributed by atoms with Crippen LogP contribution in [0.2, 0.25) is 0 Å². The Labute approximate surface area is 86.4 Å². The van der Waals surface area contributed by atoms with Gasteiger partial charge in [0.15, 0.2) is 0 Å². The van der Waals surface area contributed by atoms with Crippen LogP contribution in [0.1, 0.15) is 16.7 Å². The molecule has 0 rings (SSSR count). The number of carbonyl (C=O) groups excluding carboxylic acids is 1. The van der Waals surface area contributed by atoms with Gasteiger partial charge in [-0.15, -0.1) is 0 Å². The van der Waals surface area contributed by atoms with E-state index in [-0.39, 0.29) is 40.6 Å². The molecule has 0 aliphatic carbocycles. The van der Waals surface area contributed by atoms with Crippen LogP contribution in [-0.2, 0) is 9.59 Å². The zero-order valence-electron chi connectivity index (χ0n) is 7.55. The van der Waals surface area contributed by atoms with Crippen molar-refractivity contribution in [3.8, 4) is 0 Å². The van der Waals surface area contributed by atoms with Gasteiger partial charge < -0.3 is 7.96 Å². The smallest absolute Gasteiger partial charge is 1.00 e. The van der Waals surface area contributed by atoms with Crippen molar-refractivity contribution in [2.45, 2.75) is 13.8 Å². The Morgan fingerprint density at radius 3 is 1.78 bits per heavy atom. The number of carboxylic acids is 1. The molecule has 0 bridgehead atoms. The number of rotatable bonds is 2. The summed E-state index contributed by atoms with van der Waals surface area (Å²) in [7, 11) is 0. The zero-order chi connectivity index (χ0) is 6.73. The Morgan fingerprint density at radius 1 is 1.44 bits per heavy atom. The van der Waals surface area contributed by atoms with Crippen molar-refractivity contribution in [3.05, 3.63) is 0 Å². The van der Waals surface area contributed by atoms with Gasteiger partial charge in [0.2, 0.25) is 5.78 Å². The SMILES string of the molecule is CC(C)C(=O)C(=O)O.[Ca+2].[H-].[H-]. The summed E-state index contributed by atoms with van der Waals surface area (Å²) >= 11 is 0. The molecule has 3 nitrogen and oxygen atoms in total. The number of Topliss-reactive ketones (excluding diaryl/α,β-unsaturated/α-hetero) is 1. The first-order valence-corrected chi connectivity index (χ1v) is 2.33. The minimum Gasteiger partial charge on any atom is -1.00 e. The monoisotopic (exact) mass is 158 g/mol. The Hall–Kier alpha value is 0.400. The Morgan fingerprint density at radius 2 is 1.78 bits per heavy atom. The first-order valence-electron chi connectivity index (χ1n) is 2.33. The number of ketones is 1. The molecule has 0 atom stereocenters. The number of hydrogen-bond acceptors (Lipinski definition) is 2. The molecule has 0 radical (unpaired) electrons. The van der Waals surface area contributed by atoms with Crippen LogP contribution in [0.15, 0.2) is 0 Å². The van der Waals surface area contributed by atoms with Gasteiger partial charge in [0.25, 0.3) is 0 Å². The van der Waals surface area contributed by atoms with Gasteiger partial charge in [-0.3, -0.25) is 4.79 Å². The molecule has 0 amide bonds. The molecule has 0 saturated heterocycles. The standard InChI is InChI=1S/C5H8O3.Ca.2H/c1-3(2)4(6)5(7)8;;;/h3H,1-2H3,(H,7,8);;;/q;+2;2*-1. The van der Waals surface area contributed by atoms with Crippen molar-refractivity contribution in [1.29, 1.82) is 0 Å². The maximum absolute atomic E-state index is 10.2. The van der Waals surface area contributed by atoms with Crippen molar-refractivity contribution in [2.75, 3.05) is 0 Å². The molecule has 0 fully saturated rings. The summed E-state index contributed by atoms with van der Waals surface area (Å²) in [5.41, 5.74) is 0. The maximum atomic E-state index is 10.2. The number of carboxylic acid groups (broad SMARTS) is 1. The van der Waals surface area contributed by atoms with E-state index in [1.165, 1.54) is 0 Å². The van der Waals surface area contributed by atoms with Gasteiger partial charge >= 0.3 is 43.7 Å². The van der Waals surface area contributed by atoms with E-state index in [1.807, 2.05) is 0 Å². The summed E-state index contributed by atoms with van der Waals surface area (Å²) in [6, 6.07) is 0. The van der Waals surface area contributed by atoms with E-state index in [0.29, 0.717) is 0 Å². The summed E-state index contributed by atoms with van der Waals surface area (Å²) in [4.78, 5) is 20.0. The van der Waals surface area contributed by atoms with Crippen LogP contribution >= 0.6 is 0 Å². The van der Waals surface area contributed by atoms with Crippen LogP contribution in [-0.4, -0.2) is 54.6 Å². The van der Waals surface area contributed by atoms with Gasteiger partial charge in [-0.1, -0.05) is 13.8 Å². The third-order valence-electron chi connectivity index (χ3n) is 0.735. The molecule has 0 aliphatic heterocycles. The molecule has 1 N–H and O–H groups in total. The largest absolute Gasteiger partial charge is 2.00 e. The summed E-state index contributed by atoms with van der Waals surface area (Å²) in [6.07, 6.45) is 0. The second-order valence-corrected chi connectivity index (χ2v) is 1.82. The Bertz CT molecular complexity index is 127. The van der Waals surface area contributed by atoms with Gasteiger partial charge in [-0.05, 0) is 0 Å². The second kappa shape index (κ2) is 5.21. The summed E-state index contributed by atoms with van der Waals surface area (Å²) in [5.74, 6) is -2.47. The molecule has 4 heteroatoms. The molecular formula is C5H10CaO3. The number of carbonyl (C=O) groups is 2. The van der Waals surface area contributed by atoms with Crippen LogP contribution in [0, 0.1) is 5.92 Å². The third kappa shape index (κ3) is 4.88. The predicted octanol–water partition coefficient (Wildman–Crippen LogP) is 0.140. The van der Waals surface area contributed by atoms with Crippen LogP contribution < -0.4 is 0 Å². The van der Waals surface area contributed by atoms with Gasteiger partial charge in [-0.25, -0.2) is 4.79 Å². The molecule has 0 saturated carbocycles. The summed E-state index contributed by atoms with van der Waals surface area (Å²) < 4.78 is 0. The fraction of sp³-hybridized carbons (Fsp3) is 0.600. The normalized spacial score (nSPS) is 8.33. The first-order chi connectivity index (χ1) is 3.55. The Kier molecular flexibility index (Phi) is 7.01. The quantitative estimate of drug-likeness (QED) is 0.459. The van der Waals surface area contributed by atoms with Crippen molar-refractivity contribution in [2.24, 2.45) is 5.92 Å².